The highest BCUT2D eigenvalue weighted by Crippen LogP contribution is 2.29. The van der Waals surface area contributed by atoms with Gasteiger partial charge in [-0.3, -0.25) is 4.79 Å². The van der Waals surface area contributed by atoms with E-state index in [1.165, 1.54) is 6.92 Å². The fourth-order valence-electron chi connectivity index (χ4n) is 1.48. The van der Waals surface area contributed by atoms with Crippen molar-refractivity contribution in [2.24, 2.45) is 5.92 Å². The van der Waals surface area contributed by atoms with E-state index in [2.05, 4.69) is 22.9 Å². The zero-order valence-electron chi connectivity index (χ0n) is 11.0. The molecule has 0 bridgehead atoms. The van der Waals surface area contributed by atoms with Crippen molar-refractivity contribution in [2.75, 3.05) is 19.0 Å². The monoisotopic (exact) mass is 314 g/mol. The summed E-state index contributed by atoms with van der Waals surface area (Å²) in [6.45, 7) is 4.30. The second-order valence-electron chi connectivity index (χ2n) is 4.16. The number of alkyl halides is 1. The molecule has 0 radical (unpaired) electrons. The average Bonchev–Trinajstić information content (AvgIpc) is 2.39. The maximum absolute atomic E-state index is 11.3. The highest BCUT2D eigenvalue weighted by molar-refractivity contribution is 9.09. The molecule has 0 aromatic heterocycles. The van der Waals surface area contributed by atoms with Crippen LogP contribution < -0.4 is 9.47 Å². The predicted octanol–water partition coefficient (Wildman–Crippen LogP) is 3.70. The number of Topliss-reactive ketones (excluding diaryl/α,β-unsaturated/α-hetero) is 1. The summed E-state index contributed by atoms with van der Waals surface area (Å²) in [6, 6.07) is 5.26. The molecular weight excluding hydrogens is 296 g/mol. The van der Waals surface area contributed by atoms with E-state index in [4.69, 9.17) is 9.47 Å². The van der Waals surface area contributed by atoms with Crippen LogP contribution in [0.2, 0.25) is 0 Å². The van der Waals surface area contributed by atoms with E-state index in [-0.39, 0.29) is 5.78 Å². The number of carbonyl (C=O) groups excluding carboxylic acids is 1. The Morgan fingerprint density at radius 1 is 1.39 bits per heavy atom. The Morgan fingerprint density at radius 3 is 2.61 bits per heavy atom. The number of carbonyl (C=O) groups is 1. The number of rotatable bonds is 7. The van der Waals surface area contributed by atoms with Crippen molar-refractivity contribution >= 4 is 21.7 Å². The Kier molecular flexibility index (Phi) is 6.19. The fraction of sp³-hybridized carbons (Fsp3) is 0.500. The van der Waals surface area contributed by atoms with Gasteiger partial charge in [-0.05, 0) is 31.5 Å². The van der Waals surface area contributed by atoms with Gasteiger partial charge in [0, 0.05) is 16.8 Å². The quantitative estimate of drug-likeness (QED) is 0.568. The number of benzene rings is 1. The summed E-state index contributed by atoms with van der Waals surface area (Å²) < 4.78 is 11.0. The van der Waals surface area contributed by atoms with Gasteiger partial charge in [0.2, 0.25) is 0 Å². The van der Waals surface area contributed by atoms with Crippen molar-refractivity contribution in [3.63, 3.8) is 0 Å². The number of hydrogen-bond donors (Lipinski definition) is 0. The Bertz CT molecular complexity index is 400. The van der Waals surface area contributed by atoms with Crippen molar-refractivity contribution in [2.45, 2.75) is 20.3 Å². The normalized spacial score (nSPS) is 12.0. The van der Waals surface area contributed by atoms with Crippen LogP contribution in [0.1, 0.15) is 30.6 Å². The molecule has 0 aliphatic heterocycles. The second kappa shape index (κ2) is 7.41. The number of halogens is 1. The molecule has 4 heteroatoms. The molecule has 1 atom stereocenters. The molecule has 1 aromatic rings. The summed E-state index contributed by atoms with van der Waals surface area (Å²) >= 11 is 3.46. The third-order valence-electron chi connectivity index (χ3n) is 2.84. The summed E-state index contributed by atoms with van der Waals surface area (Å²) in [4.78, 5) is 11.3. The number of methoxy groups -OCH3 is 1. The van der Waals surface area contributed by atoms with Crippen molar-refractivity contribution < 1.29 is 14.3 Å². The Hall–Kier alpha value is -1.03. The van der Waals surface area contributed by atoms with Crippen molar-refractivity contribution in [1.29, 1.82) is 0 Å². The van der Waals surface area contributed by atoms with E-state index in [0.717, 1.165) is 11.8 Å². The first kappa shape index (κ1) is 15.0. The van der Waals surface area contributed by atoms with Gasteiger partial charge in [-0.2, -0.15) is 0 Å². The summed E-state index contributed by atoms with van der Waals surface area (Å²) in [5.41, 5.74) is 0.631. The molecule has 1 aromatic carbocycles. The van der Waals surface area contributed by atoms with Crippen LogP contribution in [0.15, 0.2) is 18.2 Å². The van der Waals surface area contributed by atoms with E-state index >= 15 is 0 Å². The van der Waals surface area contributed by atoms with E-state index in [1.807, 2.05) is 0 Å². The van der Waals surface area contributed by atoms with Gasteiger partial charge in [-0.25, -0.2) is 0 Å². The van der Waals surface area contributed by atoms with Crippen LogP contribution in [-0.4, -0.2) is 24.8 Å². The molecule has 0 saturated carbocycles. The molecule has 1 rings (SSSR count). The third-order valence-corrected chi connectivity index (χ3v) is 3.76. The Morgan fingerprint density at radius 2 is 2.11 bits per heavy atom. The summed E-state index contributed by atoms with van der Waals surface area (Å²) in [6.07, 6.45) is 1.05. The van der Waals surface area contributed by atoms with Gasteiger partial charge in [0.1, 0.15) is 0 Å². The molecule has 0 spiro atoms. The molecule has 100 valence electrons. The van der Waals surface area contributed by atoms with E-state index in [9.17, 15) is 4.79 Å². The van der Waals surface area contributed by atoms with Gasteiger partial charge in [-0.15, -0.1) is 0 Å². The van der Waals surface area contributed by atoms with Crippen molar-refractivity contribution in [1.82, 2.24) is 0 Å². The Labute approximate surface area is 117 Å². The minimum atomic E-state index is 0.0201. The SMILES string of the molecule is CCC(CBr)COc1ccc(C(C)=O)cc1OC. The highest BCUT2D eigenvalue weighted by Gasteiger charge is 2.11. The van der Waals surface area contributed by atoms with Crippen LogP contribution >= 0.6 is 15.9 Å². The minimum absolute atomic E-state index is 0.0201. The van der Waals surface area contributed by atoms with E-state index in [0.29, 0.717) is 29.6 Å². The van der Waals surface area contributed by atoms with Gasteiger partial charge < -0.3 is 9.47 Å². The minimum Gasteiger partial charge on any atom is -0.493 e. The zero-order valence-corrected chi connectivity index (χ0v) is 12.6. The summed E-state index contributed by atoms with van der Waals surface area (Å²) in [7, 11) is 1.58. The molecule has 0 aliphatic rings. The molecule has 1 unspecified atom stereocenters. The maximum Gasteiger partial charge on any atom is 0.161 e. The lowest BCUT2D eigenvalue weighted by atomic mass is 10.1. The van der Waals surface area contributed by atoms with Gasteiger partial charge >= 0.3 is 0 Å². The van der Waals surface area contributed by atoms with Gasteiger partial charge in [-0.1, -0.05) is 22.9 Å². The van der Waals surface area contributed by atoms with Crippen LogP contribution in [-0.2, 0) is 0 Å². The molecule has 0 fully saturated rings. The predicted molar refractivity (Wildman–Crippen MR) is 76.1 cm³/mol. The van der Waals surface area contributed by atoms with Crippen LogP contribution in [0, 0.1) is 5.92 Å². The zero-order chi connectivity index (χ0) is 13.5. The number of ketones is 1. The maximum atomic E-state index is 11.3. The standard InChI is InChI=1S/C14H19BrO3/c1-4-11(8-15)9-18-13-6-5-12(10(2)16)7-14(13)17-3/h5-7,11H,4,8-9H2,1-3H3. The smallest absolute Gasteiger partial charge is 0.161 e. The van der Waals surface area contributed by atoms with Crippen molar-refractivity contribution in [3.05, 3.63) is 23.8 Å². The Balaban J connectivity index is 2.79. The summed E-state index contributed by atoms with van der Waals surface area (Å²) in [5.74, 6) is 1.78. The average molecular weight is 315 g/mol. The first-order valence-electron chi connectivity index (χ1n) is 6.00. The third kappa shape index (κ3) is 4.02. The molecule has 0 N–H and O–H groups in total. The topological polar surface area (TPSA) is 35.5 Å². The number of hydrogen-bond acceptors (Lipinski definition) is 3. The van der Waals surface area contributed by atoms with Crippen molar-refractivity contribution in [3.8, 4) is 11.5 Å². The first-order valence-corrected chi connectivity index (χ1v) is 7.12. The van der Waals surface area contributed by atoms with E-state index in [1.54, 1.807) is 25.3 Å². The fourth-order valence-corrected chi connectivity index (χ4v) is 2.13. The molecule has 18 heavy (non-hydrogen) atoms. The molecule has 0 aliphatic carbocycles. The van der Waals surface area contributed by atoms with Gasteiger partial charge in [0.15, 0.2) is 17.3 Å². The van der Waals surface area contributed by atoms with Crippen LogP contribution in [0.4, 0.5) is 0 Å². The number of ether oxygens (including phenoxy) is 2. The lowest BCUT2D eigenvalue weighted by Gasteiger charge is -2.15. The molecule has 3 nitrogen and oxygen atoms in total. The molecule has 0 saturated heterocycles. The van der Waals surface area contributed by atoms with Crippen LogP contribution in [0.25, 0.3) is 0 Å². The van der Waals surface area contributed by atoms with Crippen LogP contribution in [0.3, 0.4) is 0 Å². The first-order chi connectivity index (χ1) is 8.62. The largest absolute Gasteiger partial charge is 0.493 e. The molecular formula is C14H19BrO3. The molecule has 0 amide bonds. The van der Waals surface area contributed by atoms with Crippen LogP contribution in [0.5, 0.6) is 11.5 Å². The van der Waals surface area contributed by atoms with E-state index < -0.39 is 0 Å². The van der Waals surface area contributed by atoms with Gasteiger partial charge in [0.25, 0.3) is 0 Å². The van der Waals surface area contributed by atoms with Gasteiger partial charge in [0.05, 0.1) is 13.7 Å². The summed E-state index contributed by atoms with van der Waals surface area (Å²) in [5, 5.41) is 0.914. The lowest BCUT2D eigenvalue weighted by molar-refractivity contribution is 0.101. The lowest BCUT2D eigenvalue weighted by Crippen LogP contribution is -2.13. The molecule has 0 heterocycles. The highest BCUT2D eigenvalue weighted by atomic mass is 79.9. The second-order valence-corrected chi connectivity index (χ2v) is 4.81.